The summed E-state index contributed by atoms with van der Waals surface area (Å²) in [7, 11) is 0. The van der Waals surface area contributed by atoms with Gasteiger partial charge in [-0.25, -0.2) is 0 Å². The average molecular weight is 319 g/mol. The molecule has 1 fully saturated rings. The molecular formula is C20H34N2O. The molecule has 3 nitrogen and oxygen atoms in total. The monoisotopic (exact) mass is 318 g/mol. The summed E-state index contributed by atoms with van der Waals surface area (Å²) in [4.78, 5) is 15.8. The third-order valence-electron chi connectivity index (χ3n) is 4.77. The zero-order valence-electron chi connectivity index (χ0n) is 15.3. The molecule has 1 saturated heterocycles. The number of allylic oxidation sites excluding steroid dienone is 4. The summed E-state index contributed by atoms with van der Waals surface area (Å²) in [6, 6.07) is 0.522. The molecule has 1 heterocycles. The molecule has 0 aromatic heterocycles. The van der Waals surface area contributed by atoms with Crippen LogP contribution in [0.15, 0.2) is 36.2 Å². The fraction of sp³-hybridized carbons (Fsp3) is 0.650. The first-order valence-corrected chi connectivity index (χ1v) is 9.08. The van der Waals surface area contributed by atoms with Crippen LogP contribution < -0.4 is 0 Å². The van der Waals surface area contributed by atoms with Crippen LogP contribution in [-0.2, 0) is 4.79 Å². The Morgan fingerprint density at radius 1 is 1.26 bits per heavy atom. The Morgan fingerprint density at radius 2 is 1.91 bits per heavy atom. The molecule has 0 bridgehead atoms. The second-order valence-electron chi connectivity index (χ2n) is 6.37. The van der Waals surface area contributed by atoms with Gasteiger partial charge in [-0.15, -0.1) is 0 Å². The Bertz CT molecular complexity index is 417. The molecule has 130 valence electrons. The van der Waals surface area contributed by atoms with E-state index in [1.807, 2.05) is 19.2 Å². The lowest BCUT2D eigenvalue weighted by Gasteiger charge is -2.33. The lowest BCUT2D eigenvalue weighted by molar-refractivity contribution is -0.105. The van der Waals surface area contributed by atoms with Crippen LogP contribution in [0.25, 0.3) is 0 Å². The van der Waals surface area contributed by atoms with Crippen LogP contribution in [0.5, 0.6) is 0 Å². The standard InChI is InChI=1S/C20H34N2O/c1-5-19(17-23)12-13-20(6-2)21(7-3)16-18(4)22-14-10-8-9-11-15-22/h5,7,13,17-18H,3,6,8-12,14-16H2,1-2,4H3/b19-5+,20-13+. The van der Waals surface area contributed by atoms with Gasteiger partial charge in [0.05, 0.1) is 0 Å². The molecule has 0 spiro atoms. The number of carbonyl (C=O) groups is 1. The summed E-state index contributed by atoms with van der Waals surface area (Å²) < 4.78 is 0. The van der Waals surface area contributed by atoms with Crippen molar-refractivity contribution in [3.8, 4) is 0 Å². The van der Waals surface area contributed by atoms with Crippen molar-refractivity contribution in [1.29, 1.82) is 0 Å². The van der Waals surface area contributed by atoms with Crippen molar-refractivity contribution in [3.05, 3.63) is 36.2 Å². The smallest absolute Gasteiger partial charge is 0.146 e. The summed E-state index contributed by atoms with van der Waals surface area (Å²) in [5.74, 6) is 0. The molecule has 23 heavy (non-hydrogen) atoms. The van der Waals surface area contributed by atoms with Crippen LogP contribution in [-0.4, -0.2) is 41.8 Å². The zero-order valence-corrected chi connectivity index (χ0v) is 15.3. The largest absolute Gasteiger partial charge is 0.351 e. The third-order valence-corrected chi connectivity index (χ3v) is 4.77. The first kappa shape index (κ1) is 19.7. The number of nitrogens with zero attached hydrogens (tertiary/aromatic N) is 2. The number of aldehydes is 1. The van der Waals surface area contributed by atoms with Crippen LogP contribution in [0, 0.1) is 0 Å². The van der Waals surface area contributed by atoms with Crippen molar-refractivity contribution < 1.29 is 4.79 Å². The molecule has 1 unspecified atom stereocenters. The van der Waals surface area contributed by atoms with Gasteiger partial charge >= 0.3 is 0 Å². The first-order valence-electron chi connectivity index (χ1n) is 9.08. The van der Waals surface area contributed by atoms with E-state index in [0.29, 0.717) is 12.5 Å². The van der Waals surface area contributed by atoms with Crippen LogP contribution in [0.2, 0.25) is 0 Å². The van der Waals surface area contributed by atoms with Gasteiger partial charge in [-0.05, 0) is 64.4 Å². The maximum atomic E-state index is 11.0. The Hall–Kier alpha value is -1.35. The Labute approximate surface area is 142 Å². The van der Waals surface area contributed by atoms with Crippen molar-refractivity contribution in [2.45, 2.75) is 65.3 Å². The van der Waals surface area contributed by atoms with E-state index in [-0.39, 0.29) is 0 Å². The minimum Gasteiger partial charge on any atom is -0.351 e. The van der Waals surface area contributed by atoms with Gasteiger partial charge in [0, 0.05) is 18.3 Å². The highest BCUT2D eigenvalue weighted by molar-refractivity contribution is 5.73. The fourth-order valence-corrected chi connectivity index (χ4v) is 3.18. The molecule has 0 amide bonds. The molecule has 1 aliphatic heterocycles. The second-order valence-corrected chi connectivity index (χ2v) is 6.37. The maximum absolute atomic E-state index is 11.0. The van der Waals surface area contributed by atoms with Gasteiger partial charge in [-0.3, -0.25) is 9.69 Å². The molecule has 0 N–H and O–H groups in total. The van der Waals surface area contributed by atoms with Gasteiger partial charge < -0.3 is 4.90 Å². The lowest BCUT2D eigenvalue weighted by Crippen LogP contribution is -2.41. The maximum Gasteiger partial charge on any atom is 0.146 e. The number of hydrogen-bond donors (Lipinski definition) is 0. The predicted octanol–water partition coefficient (Wildman–Crippen LogP) is 4.53. The Balaban J connectivity index is 2.69. The van der Waals surface area contributed by atoms with Gasteiger partial charge in [0.15, 0.2) is 0 Å². The molecule has 0 saturated carbocycles. The van der Waals surface area contributed by atoms with Crippen molar-refractivity contribution >= 4 is 6.29 Å². The van der Waals surface area contributed by atoms with Crippen molar-refractivity contribution in [3.63, 3.8) is 0 Å². The topological polar surface area (TPSA) is 23.6 Å². The lowest BCUT2D eigenvalue weighted by atomic mass is 10.1. The average Bonchev–Trinajstić information content (AvgIpc) is 2.86. The minimum atomic E-state index is 0.522. The number of likely N-dealkylation sites (tertiary alicyclic amines) is 1. The minimum absolute atomic E-state index is 0.522. The van der Waals surface area contributed by atoms with E-state index in [4.69, 9.17) is 0 Å². The molecule has 0 aromatic carbocycles. The van der Waals surface area contributed by atoms with Gasteiger partial charge in [0.25, 0.3) is 0 Å². The van der Waals surface area contributed by atoms with Gasteiger partial charge in [-0.2, -0.15) is 0 Å². The van der Waals surface area contributed by atoms with Crippen LogP contribution >= 0.6 is 0 Å². The molecule has 0 aromatic rings. The molecule has 1 rings (SSSR count). The van der Waals surface area contributed by atoms with Crippen LogP contribution in [0.1, 0.15) is 59.3 Å². The number of rotatable bonds is 9. The highest BCUT2D eigenvalue weighted by Crippen LogP contribution is 2.17. The van der Waals surface area contributed by atoms with E-state index in [2.05, 4.69) is 36.3 Å². The Kier molecular flexibility index (Phi) is 9.61. The van der Waals surface area contributed by atoms with Crippen molar-refractivity contribution in [2.24, 2.45) is 0 Å². The van der Waals surface area contributed by atoms with Gasteiger partial charge in [0.1, 0.15) is 6.29 Å². The summed E-state index contributed by atoms with van der Waals surface area (Å²) >= 11 is 0. The molecule has 0 aliphatic carbocycles. The number of carbonyl (C=O) groups excluding carboxylic acids is 1. The summed E-state index contributed by atoms with van der Waals surface area (Å²) in [6.07, 6.45) is 14.0. The first-order chi connectivity index (χ1) is 11.2. The summed E-state index contributed by atoms with van der Waals surface area (Å²) in [5.41, 5.74) is 2.09. The zero-order chi connectivity index (χ0) is 17.1. The van der Waals surface area contributed by atoms with Crippen molar-refractivity contribution in [1.82, 2.24) is 9.80 Å². The molecular weight excluding hydrogens is 284 g/mol. The Morgan fingerprint density at radius 3 is 2.39 bits per heavy atom. The van der Waals surface area contributed by atoms with Crippen molar-refractivity contribution in [2.75, 3.05) is 19.6 Å². The normalized spacial score (nSPS) is 19.1. The molecule has 3 heteroatoms. The highest BCUT2D eigenvalue weighted by atomic mass is 16.1. The summed E-state index contributed by atoms with van der Waals surface area (Å²) in [6.45, 7) is 13.8. The van der Waals surface area contributed by atoms with E-state index < -0.39 is 0 Å². The van der Waals surface area contributed by atoms with E-state index >= 15 is 0 Å². The van der Waals surface area contributed by atoms with E-state index in [9.17, 15) is 4.79 Å². The van der Waals surface area contributed by atoms with E-state index in [1.165, 1.54) is 44.5 Å². The molecule has 0 radical (unpaired) electrons. The molecule has 1 aliphatic rings. The SMILES string of the molecule is C=CN(CC(C)N1CCCCCC1)/C(=C/C/C(C=O)=C\C)CC. The second kappa shape index (κ2) is 11.2. The number of hydrogen-bond acceptors (Lipinski definition) is 3. The third kappa shape index (κ3) is 6.74. The van der Waals surface area contributed by atoms with Crippen LogP contribution in [0.3, 0.4) is 0 Å². The van der Waals surface area contributed by atoms with Gasteiger partial charge in [0.2, 0.25) is 0 Å². The molecule has 1 atom stereocenters. The van der Waals surface area contributed by atoms with Gasteiger partial charge in [-0.1, -0.05) is 38.5 Å². The van der Waals surface area contributed by atoms with Crippen LogP contribution in [0.4, 0.5) is 0 Å². The van der Waals surface area contributed by atoms with E-state index in [0.717, 1.165) is 24.8 Å². The predicted molar refractivity (Wildman–Crippen MR) is 99.2 cm³/mol. The highest BCUT2D eigenvalue weighted by Gasteiger charge is 2.18. The van der Waals surface area contributed by atoms with E-state index in [1.54, 1.807) is 0 Å². The quantitative estimate of drug-likeness (QED) is 0.461. The summed E-state index contributed by atoms with van der Waals surface area (Å²) in [5, 5.41) is 0. The fourth-order valence-electron chi connectivity index (χ4n) is 3.18.